The lowest BCUT2D eigenvalue weighted by molar-refractivity contribution is 0.0713. The summed E-state index contributed by atoms with van der Waals surface area (Å²) in [7, 11) is 0. The number of aromatic amines is 1. The van der Waals surface area contributed by atoms with Crippen molar-refractivity contribution in [3.05, 3.63) is 71.7 Å². The molecule has 0 unspecified atom stereocenters. The van der Waals surface area contributed by atoms with Crippen molar-refractivity contribution in [2.24, 2.45) is 0 Å². The van der Waals surface area contributed by atoms with Gasteiger partial charge in [0.25, 0.3) is 5.91 Å². The van der Waals surface area contributed by atoms with Crippen molar-refractivity contribution in [1.82, 2.24) is 19.9 Å². The van der Waals surface area contributed by atoms with Crippen LogP contribution in [0.25, 0.3) is 21.9 Å². The Morgan fingerprint density at radius 1 is 1.04 bits per heavy atom. The van der Waals surface area contributed by atoms with Gasteiger partial charge in [0.15, 0.2) is 0 Å². The Hall–Kier alpha value is -3.21. The van der Waals surface area contributed by atoms with Crippen LogP contribution >= 0.6 is 0 Å². The van der Waals surface area contributed by atoms with Crippen LogP contribution in [0, 0.1) is 6.92 Å². The molecule has 2 aromatic carbocycles. The highest BCUT2D eigenvalue weighted by Gasteiger charge is 2.27. The van der Waals surface area contributed by atoms with E-state index in [4.69, 9.17) is 4.98 Å². The predicted molar refractivity (Wildman–Crippen MR) is 110 cm³/mol. The van der Waals surface area contributed by atoms with E-state index < -0.39 is 0 Å². The van der Waals surface area contributed by atoms with Gasteiger partial charge in [-0.25, -0.2) is 4.98 Å². The van der Waals surface area contributed by atoms with Gasteiger partial charge in [0.05, 0.1) is 22.1 Å². The van der Waals surface area contributed by atoms with Crippen LogP contribution in [0.2, 0.25) is 0 Å². The molecule has 140 valence electrons. The molecular weight excluding hydrogens is 348 g/mol. The monoisotopic (exact) mass is 370 g/mol. The van der Waals surface area contributed by atoms with Crippen molar-refractivity contribution < 1.29 is 4.79 Å². The summed E-state index contributed by atoms with van der Waals surface area (Å²) < 4.78 is 0. The highest BCUT2D eigenvalue weighted by atomic mass is 16.2. The minimum atomic E-state index is 0.0724. The molecular formula is C23H22N4O. The van der Waals surface area contributed by atoms with Crippen molar-refractivity contribution in [3.8, 4) is 0 Å². The fourth-order valence-corrected chi connectivity index (χ4v) is 4.19. The van der Waals surface area contributed by atoms with Crippen LogP contribution in [0.15, 0.2) is 54.7 Å². The van der Waals surface area contributed by atoms with Crippen LogP contribution in [0.5, 0.6) is 0 Å². The Bertz CT molecular complexity index is 1170. The first-order chi connectivity index (χ1) is 13.7. The molecule has 5 nitrogen and oxygen atoms in total. The number of fused-ring (bicyclic) bond motifs is 2. The molecule has 3 heterocycles. The Morgan fingerprint density at radius 2 is 1.82 bits per heavy atom. The van der Waals surface area contributed by atoms with E-state index in [9.17, 15) is 4.79 Å². The maximum atomic E-state index is 13.1. The van der Waals surface area contributed by atoms with Gasteiger partial charge >= 0.3 is 0 Å². The molecule has 4 aromatic rings. The number of imidazole rings is 1. The maximum Gasteiger partial charge on any atom is 0.256 e. The summed E-state index contributed by atoms with van der Waals surface area (Å²) in [5.74, 6) is 1.48. The van der Waals surface area contributed by atoms with Crippen LogP contribution in [0.1, 0.15) is 40.5 Å². The van der Waals surface area contributed by atoms with Crippen LogP contribution < -0.4 is 0 Å². The fraction of sp³-hybridized carbons (Fsp3) is 0.261. The number of likely N-dealkylation sites (tertiary alicyclic amines) is 1. The third-order valence-corrected chi connectivity index (χ3v) is 5.76. The fourth-order valence-electron chi connectivity index (χ4n) is 4.19. The van der Waals surface area contributed by atoms with Gasteiger partial charge in [-0.2, -0.15) is 0 Å². The molecule has 0 bridgehead atoms. The number of hydrogen-bond acceptors (Lipinski definition) is 3. The third kappa shape index (κ3) is 2.83. The van der Waals surface area contributed by atoms with Crippen molar-refractivity contribution in [3.63, 3.8) is 0 Å². The third-order valence-electron chi connectivity index (χ3n) is 5.76. The van der Waals surface area contributed by atoms with E-state index in [0.29, 0.717) is 11.5 Å². The van der Waals surface area contributed by atoms with E-state index in [1.54, 1.807) is 6.20 Å². The van der Waals surface area contributed by atoms with Crippen molar-refractivity contribution >= 4 is 27.8 Å². The maximum absolute atomic E-state index is 13.1. The molecule has 0 saturated carbocycles. The molecule has 5 rings (SSSR count). The Labute approximate surface area is 163 Å². The molecule has 0 spiro atoms. The highest BCUT2D eigenvalue weighted by molar-refractivity contribution is 6.05. The summed E-state index contributed by atoms with van der Waals surface area (Å²) in [6, 6.07) is 15.9. The van der Waals surface area contributed by atoms with Crippen molar-refractivity contribution in [2.45, 2.75) is 25.7 Å². The number of aryl methyl sites for hydroxylation is 1. The largest absolute Gasteiger partial charge is 0.342 e. The number of amides is 1. The molecule has 28 heavy (non-hydrogen) atoms. The second-order valence-electron chi connectivity index (χ2n) is 7.54. The second kappa shape index (κ2) is 6.75. The lowest BCUT2D eigenvalue weighted by Crippen LogP contribution is -2.38. The number of aromatic nitrogens is 3. The molecule has 1 amide bonds. The van der Waals surface area contributed by atoms with Gasteiger partial charge in [0, 0.05) is 30.6 Å². The Morgan fingerprint density at radius 3 is 2.64 bits per heavy atom. The van der Waals surface area contributed by atoms with Gasteiger partial charge in [0.2, 0.25) is 0 Å². The number of H-pyrrole nitrogens is 1. The number of nitrogens with one attached hydrogen (secondary N) is 1. The second-order valence-corrected chi connectivity index (χ2v) is 7.54. The quantitative estimate of drug-likeness (QED) is 0.567. The van der Waals surface area contributed by atoms with Gasteiger partial charge < -0.3 is 9.88 Å². The number of nitrogens with zero attached hydrogens (tertiary/aromatic N) is 3. The smallest absolute Gasteiger partial charge is 0.256 e. The minimum absolute atomic E-state index is 0.0724. The summed E-state index contributed by atoms with van der Waals surface area (Å²) in [6.45, 7) is 3.57. The summed E-state index contributed by atoms with van der Waals surface area (Å²) in [5.41, 5.74) is 4.81. The van der Waals surface area contributed by atoms with E-state index in [1.165, 1.54) is 5.56 Å². The first kappa shape index (κ1) is 16.9. The molecule has 0 radical (unpaired) electrons. The molecule has 1 aliphatic heterocycles. The van der Waals surface area contributed by atoms with E-state index in [-0.39, 0.29) is 5.91 Å². The van der Waals surface area contributed by atoms with E-state index >= 15 is 0 Å². The number of carbonyl (C=O) groups excluding carboxylic acids is 1. The summed E-state index contributed by atoms with van der Waals surface area (Å²) in [6.07, 6.45) is 3.58. The summed E-state index contributed by atoms with van der Waals surface area (Å²) >= 11 is 0. The van der Waals surface area contributed by atoms with Crippen LogP contribution in [0.4, 0.5) is 0 Å². The molecule has 1 fully saturated rings. The lowest BCUT2D eigenvalue weighted by atomic mass is 9.95. The van der Waals surface area contributed by atoms with E-state index in [1.807, 2.05) is 35.2 Å². The SMILES string of the molecule is Cc1cccc2[nH]c(C3CCN(C(=O)c4cccc5cccnc45)CC3)nc12. The van der Waals surface area contributed by atoms with Gasteiger partial charge in [-0.1, -0.05) is 30.3 Å². The normalized spacial score (nSPS) is 15.4. The topological polar surface area (TPSA) is 61.9 Å². The number of rotatable bonds is 2. The zero-order chi connectivity index (χ0) is 19.1. The summed E-state index contributed by atoms with van der Waals surface area (Å²) in [5, 5.41) is 1.00. The predicted octanol–water partition coefficient (Wildman–Crippen LogP) is 4.44. The molecule has 2 aromatic heterocycles. The first-order valence-corrected chi connectivity index (χ1v) is 9.79. The molecule has 0 atom stereocenters. The van der Waals surface area contributed by atoms with Crippen LogP contribution in [-0.4, -0.2) is 38.8 Å². The number of carbonyl (C=O) groups is 1. The number of piperidine rings is 1. The average molecular weight is 370 g/mol. The lowest BCUT2D eigenvalue weighted by Gasteiger charge is -2.31. The van der Waals surface area contributed by atoms with Crippen molar-refractivity contribution in [2.75, 3.05) is 13.1 Å². The number of hydrogen-bond donors (Lipinski definition) is 1. The van der Waals surface area contributed by atoms with Crippen LogP contribution in [-0.2, 0) is 0 Å². The highest BCUT2D eigenvalue weighted by Crippen LogP contribution is 2.29. The van der Waals surface area contributed by atoms with Gasteiger partial charge in [0.1, 0.15) is 5.82 Å². The van der Waals surface area contributed by atoms with Crippen LogP contribution in [0.3, 0.4) is 0 Å². The van der Waals surface area contributed by atoms with E-state index in [2.05, 4.69) is 35.1 Å². The zero-order valence-corrected chi connectivity index (χ0v) is 15.9. The molecule has 1 aliphatic rings. The molecule has 5 heteroatoms. The standard InChI is InChI=1S/C23H22N4O/c1-15-5-2-9-19-20(15)26-22(25-19)17-10-13-27(14-11-17)23(28)18-8-3-6-16-7-4-12-24-21(16)18/h2-9,12,17H,10-11,13-14H2,1H3,(H,25,26). The number of para-hydroxylation sites is 2. The number of pyridine rings is 1. The van der Waals surface area contributed by atoms with Gasteiger partial charge in [-0.05, 0) is 43.5 Å². The van der Waals surface area contributed by atoms with Crippen molar-refractivity contribution in [1.29, 1.82) is 0 Å². The molecule has 0 aliphatic carbocycles. The molecule has 1 saturated heterocycles. The Kier molecular flexibility index (Phi) is 4.08. The van der Waals surface area contributed by atoms with E-state index in [0.717, 1.165) is 53.7 Å². The number of benzene rings is 2. The first-order valence-electron chi connectivity index (χ1n) is 9.79. The Balaban J connectivity index is 1.35. The van der Waals surface area contributed by atoms with Gasteiger partial charge in [-0.3, -0.25) is 9.78 Å². The molecule has 1 N–H and O–H groups in total. The zero-order valence-electron chi connectivity index (χ0n) is 15.9. The average Bonchev–Trinajstić information content (AvgIpc) is 3.19. The minimum Gasteiger partial charge on any atom is -0.342 e. The van der Waals surface area contributed by atoms with Gasteiger partial charge in [-0.15, -0.1) is 0 Å². The summed E-state index contributed by atoms with van der Waals surface area (Å²) in [4.78, 5) is 27.8.